The Hall–Kier alpha value is -3.69. The maximum Gasteiger partial charge on any atom is 0.417 e. The van der Waals surface area contributed by atoms with Crippen LogP contribution in [0.25, 0.3) is 10.9 Å². The van der Waals surface area contributed by atoms with Crippen LogP contribution >= 0.6 is 0 Å². The van der Waals surface area contributed by atoms with Gasteiger partial charge in [0.25, 0.3) is 5.91 Å². The molecule has 1 saturated heterocycles. The number of likely N-dealkylation sites (tertiary alicyclic amines) is 1. The van der Waals surface area contributed by atoms with Crippen molar-refractivity contribution in [1.82, 2.24) is 19.8 Å². The lowest BCUT2D eigenvalue weighted by Crippen LogP contribution is -2.45. The van der Waals surface area contributed by atoms with E-state index in [1.54, 1.807) is 49.3 Å². The van der Waals surface area contributed by atoms with Crippen molar-refractivity contribution in [1.29, 1.82) is 0 Å². The molecule has 0 spiro atoms. The molecule has 0 aliphatic carbocycles. The van der Waals surface area contributed by atoms with Gasteiger partial charge in [-0.3, -0.25) is 9.59 Å². The highest BCUT2D eigenvalue weighted by atomic mass is 19.4. The number of alkyl halides is 3. The fraction of sp³-hybridized carbons (Fsp3) is 0.304. The number of hydrogen-bond acceptors (Lipinski definition) is 5. The molecule has 33 heavy (non-hydrogen) atoms. The van der Waals surface area contributed by atoms with Crippen LogP contribution in [0.3, 0.4) is 0 Å². The average Bonchev–Trinajstić information content (AvgIpc) is 3.27. The first-order chi connectivity index (χ1) is 15.6. The van der Waals surface area contributed by atoms with Gasteiger partial charge in [-0.05, 0) is 43.2 Å². The molecule has 172 valence electrons. The topological polar surface area (TPSA) is 75.6 Å². The summed E-state index contributed by atoms with van der Waals surface area (Å²) in [6, 6.07) is 9.75. The molecule has 7 nitrogen and oxygen atoms in total. The quantitative estimate of drug-likeness (QED) is 0.588. The minimum atomic E-state index is -4.47. The summed E-state index contributed by atoms with van der Waals surface area (Å²) in [5, 5.41) is 0.679. The van der Waals surface area contributed by atoms with E-state index in [1.165, 1.54) is 4.90 Å². The number of nitrogens with zero attached hydrogens (tertiary/aromatic N) is 4. The summed E-state index contributed by atoms with van der Waals surface area (Å²) in [7, 11) is 3.33. The van der Waals surface area contributed by atoms with Gasteiger partial charge in [0.15, 0.2) is 0 Å². The van der Waals surface area contributed by atoms with Crippen LogP contribution in [0.4, 0.5) is 13.2 Å². The third-order valence-electron chi connectivity index (χ3n) is 5.41. The van der Waals surface area contributed by atoms with Crippen LogP contribution in [0.2, 0.25) is 0 Å². The molecule has 1 atom stereocenters. The SMILES string of the molecule is CN(C)C(=O)[C@@H]1CCCN1C(=O)c1ccc2cc(Oc3ccc(C(F)(F)F)cn3)ccc2n1. The Labute approximate surface area is 187 Å². The van der Waals surface area contributed by atoms with Gasteiger partial charge in [0.1, 0.15) is 17.5 Å². The fourth-order valence-electron chi connectivity index (χ4n) is 3.73. The molecule has 0 bridgehead atoms. The van der Waals surface area contributed by atoms with Gasteiger partial charge in [-0.15, -0.1) is 0 Å². The number of pyridine rings is 2. The number of amides is 2. The van der Waals surface area contributed by atoms with E-state index in [-0.39, 0.29) is 23.4 Å². The largest absolute Gasteiger partial charge is 0.439 e. The predicted octanol–water partition coefficient (Wildman–Crippen LogP) is 4.13. The first-order valence-electron chi connectivity index (χ1n) is 10.3. The monoisotopic (exact) mass is 458 g/mol. The number of halogens is 3. The molecule has 3 aromatic rings. The molecule has 2 aromatic heterocycles. The van der Waals surface area contributed by atoms with Crippen molar-refractivity contribution in [3.8, 4) is 11.6 Å². The van der Waals surface area contributed by atoms with Crippen LogP contribution in [-0.2, 0) is 11.0 Å². The van der Waals surface area contributed by atoms with E-state index in [2.05, 4.69) is 9.97 Å². The van der Waals surface area contributed by atoms with E-state index < -0.39 is 17.8 Å². The zero-order valence-corrected chi connectivity index (χ0v) is 18.0. The molecule has 0 unspecified atom stereocenters. The number of rotatable bonds is 4. The van der Waals surface area contributed by atoms with Gasteiger partial charge < -0.3 is 14.5 Å². The van der Waals surface area contributed by atoms with Gasteiger partial charge in [-0.25, -0.2) is 9.97 Å². The molecule has 0 N–H and O–H groups in total. The number of benzene rings is 1. The summed E-state index contributed by atoms with van der Waals surface area (Å²) in [6.45, 7) is 0.496. The molecular weight excluding hydrogens is 437 g/mol. The van der Waals surface area contributed by atoms with Crippen molar-refractivity contribution >= 4 is 22.7 Å². The number of fused-ring (bicyclic) bond motifs is 1. The number of ether oxygens (including phenoxy) is 1. The van der Waals surface area contributed by atoms with Gasteiger partial charge in [-0.2, -0.15) is 13.2 Å². The van der Waals surface area contributed by atoms with Crippen molar-refractivity contribution in [2.75, 3.05) is 20.6 Å². The molecule has 1 aliphatic heterocycles. The second kappa shape index (κ2) is 8.68. The third-order valence-corrected chi connectivity index (χ3v) is 5.41. The molecule has 0 saturated carbocycles. The van der Waals surface area contributed by atoms with E-state index in [9.17, 15) is 22.8 Å². The highest BCUT2D eigenvalue weighted by Crippen LogP contribution is 2.30. The van der Waals surface area contributed by atoms with E-state index in [0.29, 0.717) is 35.8 Å². The highest BCUT2D eigenvalue weighted by molar-refractivity contribution is 5.98. The van der Waals surface area contributed by atoms with Gasteiger partial charge in [0, 0.05) is 38.3 Å². The maximum atomic E-state index is 13.0. The Morgan fingerprint density at radius 3 is 2.58 bits per heavy atom. The molecule has 2 amide bonds. The standard InChI is InChI=1S/C23H21F3N4O3/c1-29(2)22(32)19-4-3-11-30(19)21(31)18-8-5-14-12-16(7-9-17(14)28-18)33-20-10-6-15(13-27-20)23(24,25)26/h5-10,12-13,19H,3-4,11H2,1-2H3/t19-/m0/s1. The molecule has 10 heteroatoms. The number of likely N-dealkylation sites (N-methyl/N-ethyl adjacent to an activating group) is 1. The second-order valence-electron chi connectivity index (χ2n) is 7.93. The van der Waals surface area contributed by atoms with Crippen LogP contribution in [0.5, 0.6) is 11.6 Å². The molecule has 4 rings (SSSR count). The number of carbonyl (C=O) groups excluding carboxylic acids is 2. The fourth-order valence-corrected chi connectivity index (χ4v) is 3.73. The van der Waals surface area contributed by atoms with Crippen molar-refractivity contribution in [3.63, 3.8) is 0 Å². The molecule has 1 aliphatic rings. The van der Waals surface area contributed by atoms with Crippen LogP contribution in [0.15, 0.2) is 48.7 Å². The number of aromatic nitrogens is 2. The van der Waals surface area contributed by atoms with Crippen molar-refractivity contribution in [2.45, 2.75) is 25.1 Å². The molecule has 1 fully saturated rings. The molecular formula is C23H21F3N4O3. The summed E-state index contributed by atoms with van der Waals surface area (Å²) >= 11 is 0. The van der Waals surface area contributed by atoms with Gasteiger partial charge >= 0.3 is 6.18 Å². The van der Waals surface area contributed by atoms with E-state index >= 15 is 0 Å². The van der Waals surface area contributed by atoms with E-state index in [4.69, 9.17) is 4.74 Å². The lowest BCUT2D eigenvalue weighted by Gasteiger charge is -2.26. The van der Waals surface area contributed by atoms with Crippen molar-refractivity contribution < 1.29 is 27.5 Å². The Morgan fingerprint density at radius 1 is 1.12 bits per heavy atom. The van der Waals surface area contributed by atoms with Crippen LogP contribution in [0, 0.1) is 0 Å². The molecule has 0 radical (unpaired) electrons. The first-order valence-corrected chi connectivity index (χ1v) is 10.3. The highest BCUT2D eigenvalue weighted by Gasteiger charge is 2.36. The predicted molar refractivity (Wildman–Crippen MR) is 114 cm³/mol. The Balaban J connectivity index is 1.52. The maximum absolute atomic E-state index is 13.0. The van der Waals surface area contributed by atoms with Gasteiger partial charge in [-0.1, -0.05) is 6.07 Å². The first kappa shape index (κ1) is 22.5. The minimum absolute atomic E-state index is 0.0211. The third kappa shape index (κ3) is 4.74. The van der Waals surface area contributed by atoms with Crippen LogP contribution < -0.4 is 4.74 Å². The lowest BCUT2D eigenvalue weighted by molar-refractivity contribution is -0.137. The number of hydrogen-bond donors (Lipinski definition) is 0. The normalized spacial score (nSPS) is 16.2. The van der Waals surface area contributed by atoms with Gasteiger partial charge in [0.2, 0.25) is 11.8 Å². The second-order valence-corrected chi connectivity index (χ2v) is 7.93. The zero-order chi connectivity index (χ0) is 23.8. The van der Waals surface area contributed by atoms with Crippen LogP contribution in [-0.4, -0.2) is 58.3 Å². The van der Waals surface area contributed by atoms with Crippen LogP contribution in [0.1, 0.15) is 28.9 Å². The summed E-state index contributed by atoms with van der Waals surface area (Å²) in [4.78, 5) is 36.6. The lowest BCUT2D eigenvalue weighted by atomic mass is 10.1. The summed E-state index contributed by atoms with van der Waals surface area (Å²) in [5.74, 6) is -0.0243. The Morgan fingerprint density at radius 2 is 1.91 bits per heavy atom. The summed E-state index contributed by atoms with van der Waals surface area (Å²) in [5.41, 5.74) is -0.0791. The molecule has 3 heterocycles. The summed E-state index contributed by atoms with van der Waals surface area (Å²) < 4.78 is 43.6. The summed E-state index contributed by atoms with van der Waals surface area (Å²) in [6.07, 6.45) is -2.39. The number of carbonyl (C=O) groups is 2. The van der Waals surface area contributed by atoms with E-state index in [0.717, 1.165) is 18.6 Å². The Kier molecular flexibility index (Phi) is 5.92. The minimum Gasteiger partial charge on any atom is -0.439 e. The Bertz CT molecular complexity index is 1200. The zero-order valence-electron chi connectivity index (χ0n) is 18.0. The average molecular weight is 458 g/mol. The molecule has 1 aromatic carbocycles. The van der Waals surface area contributed by atoms with E-state index in [1.807, 2.05) is 0 Å². The van der Waals surface area contributed by atoms with Crippen molar-refractivity contribution in [2.24, 2.45) is 0 Å². The smallest absolute Gasteiger partial charge is 0.417 e. The van der Waals surface area contributed by atoms with Crippen molar-refractivity contribution in [3.05, 3.63) is 59.9 Å². The van der Waals surface area contributed by atoms with Gasteiger partial charge in [0.05, 0.1) is 11.1 Å².